The molecule has 0 bridgehead atoms. The van der Waals surface area contributed by atoms with Crippen molar-refractivity contribution in [3.63, 3.8) is 0 Å². The topological polar surface area (TPSA) is 115 Å². The van der Waals surface area contributed by atoms with Crippen LogP contribution in [0.3, 0.4) is 0 Å². The van der Waals surface area contributed by atoms with Crippen LogP contribution in [0.5, 0.6) is 0 Å². The zero-order chi connectivity index (χ0) is 20.1. The molecule has 28 heavy (non-hydrogen) atoms. The first kappa shape index (κ1) is 20.3. The van der Waals surface area contributed by atoms with E-state index in [4.69, 9.17) is 16.7 Å². The average molecular weight is 435 g/mol. The summed E-state index contributed by atoms with van der Waals surface area (Å²) >= 11 is 7.11. The lowest BCUT2D eigenvalue weighted by molar-refractivity contribution is -0.113. The number of carbonyl (C=O) groups is 1. The Morgan fingerprint density at radius 1 is 1.00 bits per heavy atom. The second kappa shape index (κ2) is 8.70. The van der Waals surface area contributed by atoms with Gasteiger partial charge in [-0.05, 0) is 48.5 Å². The SMILES string of the molecule is NS(=O)(=O)c1ccc(NC(=O)CSc2ccc(-c3ccc(Cl)cc3)nn2)cc1. The fraction of sp³-hybridized carbons (Fsp3) is 0.0556. The van der Waals surface area contributed by atoms with Crippen LogP contribution in [-0.4, -0.2) is 30.3 Å². The maximum Gasteiger partial charge on any atom is 0.238 e. The molecule has 144 valence electrons. The van der Waals surface area contributed by atoms with Crippen LogP contribution in [0, 0.1) is 0 Å². The van der Waals surface area contributed by atoms with Crippen LogP contribution < -0.4 is 10.5 Å². The number of hydrogen-bond acceptors (Lipinski definition) is 6. The molecule has 0 aliphatic heterocycles. The van der Waals surface area contributed by atoms with Crippen LogP contribution in [0.2, 0.25) is 5.02 Å². The summed E-state index contributed by atoms with van der Waals surface area (Å²) in [7, 11) is -3.76. The minimum atomic E-state index is -3.76. The fourth-order valence-electron chi connectivity index (χ4n) is 2.24. The second-order valence-electron chi connectivity index (χ2n) is 5.67. The summed E-state index contributed by atoms with van der Waals surface area (Å²) < 4.78 is 22.4. The largest absolute Gasteiger partial charge is 0.325 e. The quantitative estimate of drug-likeness (QED) is 0.576. The summed E-state index contributed by atoms with van der Waals surface area (Å²) in [5.74, 6) is -0.122. The maximum absolute atomic E-state index is 12.1. The van der Waals surface area contributed by atoms with E-state index in [-0.39, 0.29) is 16.6 Å². The average Bonchev–Trinajstić information content (AvgIpc) is 2.67. The van der Waals surface area contributed by atoms with Crippen LogP contribution >= 0.6 is 23.4 Å². The number of nitrogens with zero attached hydrogens (tertiary/aromatic N) is 2. The number of primary sulfonamides is 1. The molecule has 7 nitrogen and oxygen atoms in total. The predicted molar refractivity (Wildman–Crippen MR) is 110 cm³/mol. The van der Waals surface area contributed by atoms with Gasteiger partial charge in [-0.25, -0.2) is 13.6 Å². The minimum absolute atomic E-state index is 0.0177. The molecule has 10 heteroatoms. The number of halogens is 1. The molecule has 0 spiro atoms. The lowest BCUT2D eigenvalue weighted by atomic mass is 10.1. The molecule has 0 aliphatic rings. The van der Waals surface area contributed by atoms with Gasteiger partial charge in [-0.3, -0.25) is 4.79 Å². The molecular weight excluding hydrogens is 420 g/mol. The van der Waals surface area contributed by atoms with Crippen molar-refractivity contribution in [2.24, 2.45) is 5.14 Å². The summed E-state index contributed by atoms with van der Waals surface area (Å²) in [6.07, 6.45) is 0. The fourth-order valence-corrected chi connectivity index (χ4v) is 3.49. The zero-order valence-corrected chi connectivity index (χ0v) is 16.8. The molecule has 0 unspecified atom stereocenters. The Hall–Kier alpha value is -2.46. The van der Waals surface area contributed by atoms with E-state index in [1.165, 1.54) is 36.0 Å². The van der Waals surface area contributed by atoms with Crippen molar-refractivity contribution in [3.05, 3.63) is 65.7 Å². The van der Waals surface area contributed by atoms with Gasteiger partial charge in [0.15, 0.2) is 0 Å². The summed E-state index contributed by atoms with van der Waals surface area (Å²) in [5.41, 5.74) is 2.08. The van der Waals surface area contributed by atoms with Crippen LogP contribution in [-0.2, 0) is 14.8 Å². The maximum atomic E-state index is 12.1. The van der Waals surface area contributed by atoms with Crippen molar-refractivity contribution < 1.29 is 13.2 Å². The van der Waals surface area contributed by atoms with E-state index < -0.39 is 10.0 Å². The van der Waals surface area contributed by atoms with Gasteiger partial charge < -0.3 is 5.32 Å². The number of aromatic nitrogens is 2. The van der Waals surface area contributed by atoms with E-state index in [0.29, 0.717) is 21.4 Å². The standard InChI is InChI=1S/C18H15ClN4O3S2/c19-13-3-1-12(2-4-13)16-9-10-18(23-22-16)27-11-17(24)21-14-5-7-15(8-6-14)28(20,25)26/h1-10H,11H2,(H,21,24)(H2,20,25,26). The van der Waals surface area contributed by atoms with Crippen molar-refractivity contribution in [1.82, 2.24) is 10.2 Å². The van der Waals surface area contributed by atoms with Gasteiger partial charge in [0.2, 0.25) is 15.9 Å². The highest BCUT2D eigenvalue weighted by Crippen LogP contribution is 2.22. The van der Waals surface area contributed by atoms with Gasteiger partial charge >= 0.3 is 0 Å². The molecule has 0 atom stereocenters. The third-order valence-electron chi connectivity index (χ3n) is 3.60. The third kappa shape index (κ3) is 5.52. The van der Waals surface area contributed by atoms with E-state index in [2.05, 4.69) is 15.5 Å². The first-order valence-electron chi connectivity index (χ1n) is 7.96. The van der Waals surface area contributed by atoms with E-state index in [1.807, 2.05) is 18.2 Å². The second-order valence-corrected chi connectivity index (χ2v) is 8.66. The van der Waals surface area contributed by atoms with Crippen LogP contribution in [0.15, 0.2) is 70.6 Å². The monoisotopic (exact) mass is 434 g/mol. The van der Waals surface area contributed by atoms with Crippen molar-refractivity contribution in [2.75, 3.05) is 11.1 Å². The lowest BCUT2D eigenvalue weighted by Crippen LogP contribution is -2.15. The Morgan fingerprint density at radius 2 is 1.68 bits per heavy atom. The number of nitrogens with one attached hydrogen (secondary N) is 1. The van der Waals surface area contributed by atoms with Gasteiger partial charge in [0, 0.05) is 16.3 Å². The zero-order valence-electron chi connectivity index (χ0n) is 14.4. The number of amides is 1. The summed E-state index contributed by atoms with van der Waals surface area (Å²) in [6.45, 7) is 0. The molecule has 3 aromatic rings. The van der Waals surface area contributed by atoms with Crippen molar-refractivity contribution >= 4 is 45.0 Å². The highest BCUT2D eigenvalue weighted by molar-refractivity contribution is 7.99. The number of anilines is 1. The van der Waals surface area contributed by atoms with E-state index in [0.717, 1.165) is 5.56 Å². The molecule has 2 aromatic carbocycles. The highest BCUT2D eigenvalue weighted by atomic mass is 35.5. The predicted octanol–water partition coefficient (Wildman–Crippen LogP) is 3.18. The first-order valence-corrected chi connectivity index (χ1v) is 10.9. The van der Waals surface area contributed by atoms with Crippen LogP contribution in [0.1, 0.15) is 0 Å². The van der Waals surface area contributed by atoms with Gasteiger partial charge in [0.25, 0.3) is 0 Å². The number of sulfonamides is 1. The first-order chi connectivity index (χ1) is 13.3. The molecule has 3 N–H and O–H groups in total. The number of hydrogen-bond donors (Lipinski definition) is 2. The Kier molecular flexibility index (Phi) is 6.30. The molecule has 0 saturated heterocycles. The van der Waals surface area contributed by atoms with Crippen molar-refractivity contribution in [1.29, 1.82) is 0 Å². The molecule has 1 amide bonds. The molecule has 0 aliphatic carbocycles. The van der Waals surface area contributed by atoms with E-state index in [9.17, 15) is 13.2 Å². The highest BCUT2D eigenvalue weighted by Gasteiger charge is 2.09. The molecule has 0 radical (unpaired) electrons. The van der Waals surface area contributed by atoms with Crippen molar-refractivity contribution in [3.8, 4) is 11.3 Å². The molecule has 1 heterocycles. The summed E-state index contributed by atoms with van der Waals surface area (Å²) in [5, 5.41) is 17.2. The number of carbonyl (C=O) groups excluding carboxylic acids is 1. The number of benzene rings is 2. The number of thioether (sulfide) groups is 1. The summed E-state index contributed by atoms with van der Waals surface area (Å²) in [6, 6.07) is 16.5. The van der Waals surface area contributed by atoms with Crippen molar-refractivity contribution in [2.45, 2.75) is 9.92 Å². The molecule has 3 rings (SSSR count). The Bertz CT molecular complexity index is 1070. The molecule has 0 saturated carbocycles. The number of nitrogens with two attached hydrogens (primary N) is 1. The van der Waals surface area contributed by atoms with Gasteiger partial charge in [-0.15, -0.1) is 10.2 Å². The minimum Gasteiger partial charge on any atom is -0.325 e. The van der Waals surface area contributed by atoms with Crippen LogP contribution in [0.4, 0.5) is 5.69 Å². The molecule has 0 fully saturated rings. The summed E-state index contributed by atoms with van der Waals surface area (Å²) in [4.78, 5) is 12.0. The lowest BCUT2D eigenvalue weighted by Gasteiger charge is -2.06. The van der Waals surface area contributed by atoms with E-state index in [1.54, 1.807) is 18.2 Å². The normalized spacial score (nSPS) is 11.2. The number of rotatable bonds is 6. The molecule has 1 aromatic heterocycles. The third-order valence-corrected chi connectivity index (χ3v) is 5.70. The molecular formula is C18H15ClN4O3S2. The Morgan fingerprint density at radius 3 is 2.25 bits per heavy atom. The smallest absolute Gasteiger partial charge is 0.238 e. The van der Waals surface area contributed by atoms with Gasteiger partial charge in [-0.2, -0.15) is 0 Å². The van der Waals surface area contributed by atoms with Gasteiger partial charge in [0.1, 0.15) is 5.03 Å². The van der Waals surface area contributed by atoms with Gasteiger partial charge in [-0.1, -0.05) is 35.5 Å². The Balaban J connectivity index is 1.55. The Labute approximate surface area is 171 Å². The van der Waals surface area contributed by atoms with E-state index >= 15 is 0 Å². The van der Waals surface area contributed by atoms with Gasteiger partial charge in [0.05, 0.1) is 16.3 Å². The van der Waals surface area contributed by atoms with Crippen LogP contribution in [0.25, 0.3) is 11.3 Å².